The molecule has 2 heterocycles. The molecule has 0 bridgehead atoms. The number of nitrogens with zero attached hydrogens (tertiary/aromatic N) is 8. The summed E-state index contributed by atoms with van der Waals surface area (Å²) in [7, 11) is -46.9. The zero-order chi connectivity index (χ0) is 93.2. The van der Waals surface area contributed by atoms with Crippen LogP contribution in [0.5, 0.6) is 5.75 Å². The van der Waals surface area contributed by atoms with Crippen molar-refractivity contribution in [1.29, 1.82) is 0 Å². The first-order chi connectivity index (χ1) is 54.4. The second kappa shape index (κ2) is 68.2. The van der Waals surface area contributed by atoms with Gasteiger partial charge in [-0.25, -0.2) is 29.3 Å². The van der Waals surface area contributed by atoms with Gasteiger partial charge in [0.05, 0.1) is 13.2 Å². The Hall–Kier alpha value is -2.07. The van der Waals surface area contributed by atoms with E-state index in [0.29, 0.717) is 0 Å². The van der Waals surface area contributed by atoms with Gasteiger partial charge < -0.3 is 57.6 Å². The monoisotopic (exact) mass is 1900 g/mol. The van der Waals surface area contributed by atoms with Gasteiger partial charge in [-0.05, 0) is 181 Å². The average molecular weight is 1900 g/mol. The summed E-state index contributed by atoms with van der Waals surface area (Å²) >= 11 is 0.138. The smallest absolute Gasteiger partial charge is 0.362 e. The first-order valence-corrected chi connectivity index (χ1v) is 50.9. The highest BCUT2D eigenvalue weighted by atomic mass is 32.3. The summed E-state index contributed by atoms with van der Waals surface area (Å²) in [6, 6.07) is 3.39. The predicted octanol–water partition coefficient (Wildman–Crippen LogP) is 6.16. The van der Waals surface area contributed by atoms with Gasteiger partial charge in [0, 0.05) is 4.90 Å². The van der Waals surface area contributed by atoms with Crippen molar-refractivity contribution in [1.82, 2.24) is 39.2 Å². The van der Waals surface area contributed by atoms with Gasteiger partial charge in [-0.3, -0.25) is 36.4 Å². The fourth-order valence-corrected chi connectivity index (χ4v) is 14.9. The molecule has 714 valence electrons. The molecule has 0 amide bonds. The summed E-state index contributed by atoms with van der Waals surface area (Å²) in [5.41, 5.74) is -2.32. The molecule has 0 aromatic heterocycles. The summed E-state index contributed by atoms with van der Waals surface area (Å²) in [5.74, 6) is -0.595. The summed E-state index contributed by atoms with van der Waals surface area (Å²) in [6.45, 7) is 77.4. The largest absolute Gasteiger partial charge is 0.446 e. The Labute approximate surface area is 713 Å². The summed E-state index contributed by atoms with van der Waals surface area (Å²) < 4.78 is 313. The maximum atomic E-state index is 12.2. The molecule has 2 fully saturated rings. The highest BCUT2D eigenvalue weighted by Crippen LogP contribution is 2.41. The standard InChI is InChI=1S/C18H26O35S9.8C6H15N/c19-55(20,21)43-5-9-11(13(50-59(31,32)33)16(53-62(40,41)42)18(46-9)54-8-3-1-7(2-4-8)48-57(25,26)27)47-17-15(52-61(37,38)39)14(51-60(34,35)36)12(49-58(28,29)30)10(45-17)6-44-56(22,23)24;8*1-4-7(5-2)6-3/h1-4,9-18H,5-6H2,(H,19,20,21)(H,22,23,24)(H,25,26,27)(H,28,29,30)(H,31,32,33)(H,34,35,36)(H,37,38,39)(H,40,41,42);8*4-6H2,1-3H3/t9-,10-,11-,12-,13+,14+,15-,16-,17-,18+;;;;;;;;/m1......../s1. The van der Waals surface area contributed by atoms with Crippen molar-refractivity contribution in [2.45, 2.75) is 232 Å². The van der Waals surface area contributed by atoms with Gasteiger partial charge in [0.1, 0.15) is 53.9 Å². The number of ether oxygens (including phenoxy) is 3. The van der Waals surface area contributed by atoms with Crippen LogP contribution in [0, 0.1) is 0 Å². The molecule has 1 aromatic rings. The lowest BCUT2D eigenvalue weighted by Crippen LogP contribution is -2.66. The molecule has 1 aromatic carbocycles. The van der Waals surface area contributed by atoms with Crippen molar-refractivity contribution >= 4 is 95.0 Å². The maximum absolute atomic E-state index is 12.2. The van der Waals surface area contributed by atoms with Gasteiger partial charge in [-0.2, -0.15) is 67.3 Å². The van der Waals surface area contributed by atoms with Gasteiger partial charge in [-0.15, -0.1) is 0 Å². The minimum absolute atomic E-state index is 0.138. The Morgan fingerprint density at radius 3 is 0.695 bits per heavy atom. The van der Waals surface area contributed by atoms with Crippen LogP contribution in [0.3, 0.4) is 0 Å². The van der Waals surface area contributed by atoms with Gasteiger partial charge in [0.2, 0.25) is 0 Å². The molecule has 8 N–H and O–H groups in total. The maximum Gasteiger partial charge on any atom is 0.446 e. The zero-order valence-electron chi connectivity index (χ0n) is 73.3. The second-order valence-corrected chi connectivity index (χ2v) is 33.7. The minimum Gasteiger partial charge on any atom is -0.362 e. The van der Waals surface area contributed by atoms with E-state index in [9.17, 15) is 94.7 Å². The van der Waals surface area contributed by atoms with E-state index >= 15 is 0 Å². The van der Waals surface area contributed by atoms with Crippen molar-refractivity contribution in [3.05, 3.63) is 24.3 Å². The van der Waals surface area contributed by atoms with Crippen LogP contribution in [0.25, 0.3) is 0 Å². The quantitative estimate of drug-likeness (QED) is 0.0339. The van der Waals surface area contributed by atoms with Crippen molar-refractivity contribution in [2.75, 3.05) is 170 Å². The fourth-order valence-electron chi connectivity index (χ4n) is 10.3. The van der Waals surface area contributed by atoms with Gasteiger partial charge >= 0.3 is 83.2 Å². The molecule has 0 spiro atoms. The number of benzene rings is 1. The minimum atomic E-state index is -6.17. The number of hydrogen-bond donors (Lipinski definition) is 8. The normalized spacial score (nSPS) is 19.9. The van der Waals surface area contributed by atoms with Crippen LogP contribution >= 0.6 is 11.8 Å². The Morgan fingerprint density at radius 1 is 0.271 bits per heavy atom. The van der Waals surface area contributed by atoms with Crippen LogP contribution in [-0.2, 0) is 127 Å². The van der Waals surface area contributed by atoms with Gasteiger partial charge in [0.15, 0.2) is 12.4 Å². The molecule has 52 heteroatoms. The van der Waals surface area contributed by atoms with Crippen LogP contribution < -0.4 is 4.18 Å². The summed E-state index contributed by atoms with van der Waals surface area (Å²) in [6.07, 6.45) is -27.3. The molecule has 0 aliphatic carbocycles. The molecule has 2 saturated heterocycles. The molecule has 10 atom stereocenters. The zero-order valence-corrected chi connectivity index (χ0v) is 80.7. The lowest BCUT2D eigenvalue weighted by Gasteiger charge is -2.48. The van der Waals surface area contributed by atoms with E-state index in [0.717, 1.165) is 24.3 Å². The second-order valence-electron chi connectivity index (χ2n) is 24.1. The predicted molar refractivity (Wildman–Crippen MR) is 451 cm³/mol. The molecule has 2 aliphatic heterocycles. The lowest BCUT2D eigenvalue weighted by molar-refractivity contribution is -0.325. The third-order valence-corrected chi connectivity index (χ3v) is 22.2. The van der Waals surface area contributed by atoms with Crippen molar-refractivity contribution < 1.29 is 151 Å². The first-order valence-electron chi connectivity index (χ1n) is 39.1. The Balaban J connectivity index is -0.000000441. The summed E-state index contributed by atoms with van der Waals surface area (Å²) in [5, 5.41) is 0. The van der Waals surface area contributed by atoms with E-state index in [1.807, 2.05) is 0 Å². The van der Waals surface area contributed by atoms with E-state index < -0.39 is 163 Å². The van der Waals surface area contributed by atoms with Crippen molar-refractivity contribution in [3.8, 4) is 5.75 Å². The van der Waals surface area contributed by atoms with Crippen molar-refractivity contribution in [2.24, 2.45) is 0 Å². The van der Waals surface area contributed by atoms with E-state index in [1.165, 1.54) is 157 Å². The molecule has 3 rings (SSSR count). The van der Waals surface area contributed by atoms with Crippen LogP contribution in [0.2, 0.25) is 0 Å². The third kappa shape index (κ3) is 68.2. The fraction of sp³-hybridized carbons (Fsp3) is 0.909. The average Bonchev–Trinajstić information content (AvgIpc) is 0.756. The van der Waals surface area contributed by atoms with Crippen LogP contribution in [0.1, 0.15) is 166 Å². The SMILES string of the molecule is CCN(CC)CC.CCN(CC)CC.CCN(CC)CC.CCN(CC)CC.CCN(CC)CC.CCN(CC)CC.CCN(CC)CC.CCN(CC)CC.O=S(=O)(O)OC[C@H]1O[C@@H](Sc2ccc(OS(=O)(=O)O)cc2)[C@H](OS(=O)(=O)O)[C@@H](OS(=O)(=O)O)[C@@H]1O[C@H]1O[C@H](COS(=O)(=O)O)[C@@H](OS(=O)(=O)O)[C@H](OS(=O)(=O)O)[C@H]1OS(=O)(=O)O. The first kappa shape index (κ1) is 127. The molecule has 0 unspecified atom stereocenters. The van der Waals surface area contributed by atoms with E-state index in [-0.39, 0.29) is 16.7 Å². The molecule has 2 aliphatic rings. The van der Waals surface area contributed by atoms with E-state index in [4.69, 9.17) is 23.3 Å². The van der Waals surface area contributed by atoms with Gasteiger partial charge in [-0.1, -0.05) is 178 Å². The molecule has 43 nitrogen and oxygen atoms in total. The molecular weight excluding hydrogens is 1750 g/mol. The van der Waals surface area contributed by atoms with Crippen LogP contribution in [-0.4, -0.2) is 374 Å². The Morgan fingerprint density at radius 2 is 0.483 bits per heavy atom. The Kier molecular flexibility index (Phi) is 73.2. The highest BCUT2D eigenvalue weighted by molar-refractivity contribution is 7.99. The molecule has 118 heavy (non-hydrogen) atoms. The molecular formula is C66H146N8O35S9. The topological polar surface area (TPSA) is 562 Å². The van der Waals surface area contributed by atoms with Crippen LogP contribution in [0.4, 0.5) is 0 Å². The highest BCUT2D eigenvalue weighted by Gasteiger charge is 2.59. The Bertz CT molecular complexity index is 3400. The number of hydrogen-bond acceptors (Lipinski definition) is 36. The van der Waals surface area contributed by atoms with E-state index in [2.05, 4.69) is 239 Å². The third-order valence-electron chi connectivity index (χ3n) is 17.4. The van der Waals surface area contributed by atoms with Crippen molar-refractivity contribution in [3.63, 3.8) is 0 Å². The lowest BCUT2D eigenvalue weighted by atomic mass is 9.97. The van der Waals surface area contributed by atoms with E-state index in [1.54, 1.807) is 0 Å². The van der Waals surface area contributed by atoms with Crippen LogP contribution in [0.15, 0.2) is 29.2 Å². The number of thioether (sulfide) groups is 1. The van der Waals surface area contributed by atoms with Gasteiger partial charge in [0.25, 0.3) is 0 Å². The summed E-state index contributed by atoms with van der Waals surface area (Å²) in [4.78, 5) is 18.7. The molecule has 0 radical (unpaired) electrons. The number of rotatable bonds is 46. The molecule has 0 saturated carbocycles.